The summed E-state index contributed by atoms with van der Waals surface area (Å²) >= 11 is 0. The molecular weight excluding hydrogens is 268 g/mol. The normalized spacial score (nSPS) is 16.3. The van der Waals surface area contributed by atoms with Gasteiger partial charge in [0.2, 0.25) is 5.91 Å². The highest BCUT2D eigenvalue weighted by atomic mass is 19.2. The van der Waals surface area contributed by atoms with Gasteiger partial charge in [0.05, 0.1) is 11.8 Å². The Hall–Kier alpha value is -1.98. The minimum atomic E-state index is -1.00. The van der Waals surface area contributed by atoms with Crippen LogP contribution in [0.1, 0.15) is 24.8 Å². The second kappa shape index (κ2) is 5.56. The molecule has 4 nitrogen and oxygen atoms in total. The van der Waals surface area contributed by atoms with Crippen LogP contribution in [0, 0.1) is 17.0 Å². The maximum Gasteiger partial charge on any atom is 0.311 e. The molecule has 1 aromatic carbocycles. The number of carboxylic acid groups (broad SMARTS) is 1. The molecule has 20 heavy (non-hydrogen) atoms. The molecule has 0 heterocycles. The highest BCUT2D eigenvalue weighted by Crippen LogP contribution is 2.40. The smallest absolute Gasteiger partial charge is 0.311 e. The molecular formula is C14H15F2NO3. The van der Waals surface area contributed by atoms with Gasteiger partial charge in [0.1, 0.15) is 0 Å². The molecule has 0 aromatic heterocycles. The first kappa shape index (κ1) is 14.4. The Morgan fingerprint density at radius 2 is 1.95 bits per heavy atom. The van der Waals surface area contributed by atoms with Crippen molar-refractivity contribution in [2.75, 3.05) is 6.54 Å². The first-order chi connectivity index (χ1) is 9.43. The Morgan fingerprint density at radius 1 is 1.25 bits per heavy atom. The Balaban J connectivity index is 1.89. The van der Waals surface area contributed by atoms with Crippen LogP contribution in [0.4, 0.5) is 8.78 Å². The van der Waals surface area contributed by atoms with Crippen LogP contribution >= 0.6 is 0 Å². The number of halogens is 2. The zero-order valence-electron chi connectivity index (χ0n) is 10.8. The van der Waals surface area contributed by atoms with Crippen molar-refractivity contribution in [2.45, 2.75) is 25.7 Å². The highest BCUT2D eigenvalue weighted by molar-refractivity contribution is 5.81. The molecule has 1 aliphatic rings. The molecule has 0 unspecified atom stereocenters. The number of hydrogen-bond donors (Lipinski definition) is 2. The summed E-state index contributed by atoms with van der Waals surface area (Å²) in [5.41, 5.74) is -0.511. The third-order valence-electron chi connectivity index (χ3n) is 3.74. The van der Waals surface area contributed by atoms with E-state index in [2.05, 4.69) is 5.32 Å². The fourth-order valence-corrected chi connectivity index (χ4v) is 2.24. The minimum Gasteiger partial charge on any atom is -0.481 e. The van der Waals surface area contributed by atoms with Crippen LogP contribution in [-0.2, 0) is 16.0 Å². The third kappa shape index (κ3) is 2.95. The lowest BCUT2D eigenvalue weighted by molar-refractivity contribution is -0.154. The largest absolute Gasteiger partial charge is 0.481 e. The second-order valence-corrected chi connectivity index (χ2v) is 5.14. The lowest BCUT2D eigenvalue weighted by Crippen LogP contribution is -2.47. The highest BCUT2D eigenvalue weighted by Gasteiger charge is 2.44. The van der Waals surface area contributed by atoms with E-state index in [9.17, 15) is 18.4 Å². The first-order valence-corrected chi connectivity index (χ1v) is 6.37. The van der Waals surface area contributed by atoms with Crippen molar-refractivity contribution in [3.05, 3.63) is 35.4 Å². The summed E-state index contributed by atoms with van der Waals surface area (Å²) in [7, 11) is 0. The van der Waals surface area contributed by atoms with Gasteiger partial charge < -0.3 is 10.4 Å². The molecule has 0 radical (unpaired) electrons. The Labute approximate surface area is 114 Å². The molecule has 108 valence electrons. The van der Waals surface area contributed by atoms with E-state index in [1.807, 2.05) is 0 Å². The van der Waals surface area contributed by atoms with Crippen molar-refractivity contribution in [1.29, 1.82) is 0 Å². The van der Waals surface area contributed by atoms with Gasteiger partial charge in [-0.15, -0.1) is 0 Å². The topological polar surface area (TPSA) is 66.4 Å². The van der Waals surface area contributed by atoms with Crippen molar-refractivity contribution < 1.29 is 23.5 Å². The molecule has 0 aliphatic heterocycles. The van der Waals surface area contributed by atoms with Gasteiger partial charge in [0.25, 0.3) is 0 Å². The molecule has 0 atom stereocenters. The quantitative estimate of drug-likeness (QED) is 0.867. The molecule has 1 aliphatic carbocycles. The Bertz CT molecular complexity index is 541. The summed E-state index contributed by atoms with van der Waals surface area (Å²) in [5.74, 6) is -3.27. The maximum absolute atomic E-state index is 13.0. The predicted molar refractivity (Wildman–Crippen MR) is 67.0 cm³/mol. The van der Waals surface area contributed by atoms with Crippen molar-refractivity contribution in [3.63, 3.8) is 0 Å². The summed E-state index contributed by atoms with van der Waals surface area (Å²) in [5, 5.41) is 11.7. The van der Waals surface area contributed by atoms with E-state index in [1.165, 1.54) is 6.07 Å². The maximum atomic E-state index is 13.0. The number of carbonyl (C=O) groups is 2. The van der Waals surface area contributed by atoms with Gasteiger partial charge in [-0.05, 0) is 30.5 Å². The van der Waals surface area contributed by atoms with E-state index < -0.39 is 28.9 Å². The van der Waals surface area contributed by atoms with E-state index in [-0.39, 0.29) is 13.0 Å². The molecule has 0 spiro atoms. The van der Waals surface area contributed by atoms with Crippen LogP contribution < -0.4 is 5.32 Å². The van der Waals surface area contributed by atoms with Gasteiger partial charge in [0, 0.05) is 6.54 Å². The third-order valence-corrected chi connectivity index (χ3v) is 3.74. The van der Waals surface area contributed by atoms with Crippen molar-refractivity contribution in [2.24, 2.45) is 5.41 Å². The minimum absolute atomic E-state index is 0.0742. The van der Waals surface area contributed by atoms with Crippen molar-refractivity contribution in [1.82, 2.24) is 5.32 Å². The fourth-order valence-electron chi connectivity index (χ4n) is 2.24. The van der Waals surface area contributed by atoms with Gasteiger partial charge >= 0.3 is 5.97 Å². The molecule has 1 saturated carbocycles. The standard InChI is InChI=1S/C14H15F2NO3/c15-10-3-2-9(6-11(10)16)7-12(18)17-8-14(13(19)20)4-1-5-14/h2-3,6H,1,4-5,7-8H2,(H,17,18)(H,19,20). The summed E-state index contributed by atoms with van der Waals surface area (Å²) in [4.78, 5) is 22.8. The zero-order chi connectivity index (χ0) is 14.8. The number of amides is 1. The van der Waals surface area contributed by atoms with Gasteiger partial charge in [-0.3, -0.25) is 9.59 Å². The van der Waals surface area contributed by atoms with E-state index >= 15 is 0 Å². The molecule has 1 amide bonds. The Kier molecular flexibility index (Phi) is 4.01. The molecule has 2 N–H and O–H groups in total. The molecule has 0 saturated heterocycles. The molecule has 1 aromatic rings. The van der Waals surface area contributed by atoms with Crippen LogP contribution in [0.15, 0.2) is 18.2 Å². The number of carboxylic acids is 1. The second-order valence-electron chi connectivity index (χ2n) is 5.14. The van der Waals surface area contributed by atoms with E-state index in [0.717, 1.165) is 18.6 Å². The first-order valence-electron chi connectivity index (χ1n) is 6.37. The predicted octanol–water partition coefficient (Wildman–Crippen LogP) is 1.88. The summed E-state index contributed by atoms with van der Waals surface area (Å²) in [6.45, 7) is 0.0742. The number of benzene rings is 1. The van der Waals surface area contributed by atoms with E-state index in [4.69, 9.17) is 5.11 Å². The molecule has 1 fully saturated rings. The lowest BCUT2D eigenvalue weighted by Gasteiger charge is -2.37. The van der Waals surface area contributed by atoms with Crippen LogP contribution in [-0.4, -0.2) is 23.5 Å². The van der Waals surface area contributed by atoms with Gasteiger partial charge in [-0.1, -0.05) is 12.5 Å². The van der Waals surface area contributed by atoms with Crippen LogP contribution in [0.25, 0.3) is 0 Å². The zero-order valence-corrected chi connectivity index (χ0v) is 10.8. The average Bonchev–Trinajstić information content (AvgIpc) is 2.32. The van der Waals surface area contributed by atoms with Gasteiger partial charge in [-0.2, -0.15) is 0 Å². The van der Waals surface area contributed by atoms with Gasteiger partial charge in [-0.25, -0.2) is 8.78 Å². The van der Waals surface area contributed by atoms with Crippen molar-refractivity contribution >= 4 is 11.9 Å². The van der Waals surface area contributed by atoms with Gasteiger partial charge in [0.15, 0.2) is 11.6 Å². The van der Waals surface area contributed by atoms with Crippen molar-refractivity contribution in [3.8, 4) is 0 Å². The summed E-state index contributed by atoms with van der Waals surface area (Å²) in [6, 6.07) is 3.25. The SMILES string of the molecule is O=C(Cc1ccc(F)c(F)c1)NCC1(C(=O)O)CCC1. The molecule has 2 rings (SSSR count). The number of carbonyl (C=O) groups excluding carboxylic acids is 1. The number of hydrogen-bond acceptors (Lipinski definition) is 2. The monoisotopic (exact) mass is 283 g/mol. The number of rotatable bonds is 5. The van der Waals surface area contributed by atoms with Crippen LogP contribution in [0.3, 0.4) is 0 Å². The van der Waals surface area contributed by atoms with E-state index in [0.29, 0.717) is 18.4 Å². The molecule has 6 heteroatoms. The van der Waals surface area contributed by atoms with Crippen LogP contribution in [0.2, 0.25) is 0 Å². The van der Waals surface area contributed by atoms with Crippen LogP contribution in [0.5, 0.6) is 0 Å². The van der Waals surface area contributed by atoms with E-state index in [1.54, 1.807) is 0 Å². The lowest BCUT2D eigenvalue weighted by atomic mass is 9.69. The number of aliphatic carboxylic acids is 1. The Morgan fingerprint density at radius 3 is 2.45 bits per heavy atom. The summed E-state index contributed by atoms with van der Waals surface area (Å²) in [6.07, 6.45) is 1.83. The average molecular weight is 283 g/mol. The number of nitrogens with one attached hydrogen (secondary N) is 1. The summed E-state index contributed by atoms with van der Waals surface area (Å²) < 4.78 is 25.7. The fraction of sp³-hybridized carbons (Fsp3) is 0.429. The molecule has 0 bridgehead atoms.